The molecule has 1 amide bonds. The number of phenols is 1. The molecule has 1 fully saturated rings. The Morgan fingerprint density at radius 1 is 1.27 bits per heavy atom. The number of carbonyl (C=O) groups excluding carboxylic acids is 2. The second-order valence-electron chi connectivity index (χ2n) is 6.97. The first-order chi connectivity index (χ1) is 12.5. The smallest absolute Gasteiger partial charge is 0.225 e. The largest absolute Gasteiger partial charge is 0.504 e. The molecule has 1 aromatic heterocycles. The molecule has 0 saturated heterocycles. The molecule has 0 spiro atoms. The van der Waals surface area contributed by atoms with Crippen molar-refractivity contribution >= 4 is 23.0 Å². The molecule has 2 heterocycles. The molecule has 6 heteroatoms. The van der Waals surface area contributed by atoms with Gasteiger partial charge >= 0.3 is 0 Å². The third-order valence-corrected chi connectivity index (χ3v) is 6.35. The lowest BCUT2D eigenvalue weighted by Crippen LogP contribution is -2.36. The molecule has 1 saturated carbocycles. The molecule has 5 nitrogen and oxygen atoms in total. The number of phenolic OH excluding ortho intramolecular Hbond substituents is 1. The van der Waals surface area contributed by atoms with E-state index >= 15 is 0 Å². The summed E-state index contributed by atoms with van der Waals surface area (Å²) in [5.74, 6) is 0.503. The topological polar surface area (TPSA) is 66.8 Å². The molecule has 0 bridgehead atoms. The van der Waals surface area contributed by atoms with Gasteiger partial charge < -0.3 is 14.7 Å². The summed E-state index contributed by atoms with van der Waals surface area (Å²) in [6.45, 7) is 2.87. The number of fused-ring (bicyclic) bond motifs is 1. The van der Waals surface area contributed by atoms with Crippen LogP contribution in [0.1, 0.15) is 40.6 Å². The van der Waals surface area contributed by atoms with E-state index in [-0.39, 0.29) is 28.9 Å². The monoisotopic (exact) mass is 371 g/mol. The van der Waals surface area contributed by atoms with E-state index in [2.05, 4.69) is 6.07 Å². The van der Waals surface area contributed by atoms with Crippen molar-refractivity contribution in [2.75, 3.05) is 13.7 Å². The molecule has 1 N–H and O–H groups in total. The second-order valence-corrected chi connectivity index (χ2v) is 8.11. The average Bonchev–Trinajstić information content (AvgIpc) is 3.39. The first kappa shape index (κ1) is 17.1. The van der Waals surface area contributed by atoms with E-state index in [0.717, 1.165) is 36.2 Å². The van der Waals surface area contributed by atoms with Crippen LogP contribution >= 0.6 is 11.3 Å². The van der Waals surface area contributed by atoms with E-state index in [9.17, 15) is 14.7 Å². The van der Waals surface area contributed by atoms with Crippen molar-refractivity contribution in [3.05, 3.63) is 34.2 Å². The normalized spacial score (nSPS) is 16.3. The van der Waals surface area contributed by atoms with Gasteiger partial charge in [-0.05, 0) is 55.5 Å². The summed E-state index contributed by atoms with van der Waals surface area (Å²) >= 11 is 1.69. The van der Waals surface area contributed by atoms with Gasteiger partial charge in [0.05, 0.1) is 12.7 Å². The Bertz CT molecular complexity index is 897. The van der Waals surface area contributed by atoms with Gasteiger partial charge in [0.1, 0.15) is 0 Å². The Morgan fingerprint density at radius 2 is 2.04 bits per heavy atom. The highest BCUT2D eigenvalue weighted by Gasteiger charge is 2.35. The highest BCUT2D eigenvalue weighted by atomic mass is 32.1. The predicted octanol–water partition coefficient (Wildman–Crippen LogP) is 3.63. The number of ether oxygens (including phenoxy) is 1. The quantitative estimate of drug-likeness (QED) is 0.834. The summed E-state index contributed by atoms with van der Waals surface area (Å²) in [7, 11) is 1.48. The summed E-state index contributed by atoms with van der Waals surface area (Å²) < 4.78 is 5.23. The number of methoxy groups -OCH3 is 1. The molecular weight excluding hydrogens is 350 g/mol. The average molecular weight is 371 g/mol. The van der Waals surface area contributed by atoms with Gasteiger partial charge in [-0.1, -0.05) is 0 Å². The number of nitrogens with zero attached hydrogens (tertiary/aromatic N) is 1. The van der Waals surface area contributed by atoms with Gasteiger partial charge in [-0.25, -0.2) is 0 Å². The van der Waals surface area contributed by atoms with Crippen molar-refractivity contribution in [1.82, 2.24) is 4.90 Å². The Hall–Kier alpha value is -2.34. The lowest BCUT2D eigenvalue weighted by atomic mass is 10.0. The minimum atomic E-state index is -0.204. The van der Waals surface area contributed by atoms with E-state index < -0.39 is 0 Å². The van der Waals surface area contributed by atoms with Gasteiger partial charge in [-0.3, -0.25) is 9.59 Å². The van der Waals surface area contributed by atoms with Crippen LogP contribution in [0.25, 0.3) is 10.4 Å². The summed E-state index contributed by atoms with van der Waals surface area (Å²) in [6, 6.07) is 5.57. The molecule has 4 rings (SSSR count). The lowest BCUT2D eigenvalue weighted by Gasteiger charge is -2.27. The summed E-state index contributed by atoms with van der Waals surface area (Å²) in [5, 5.41) is 10.2. The standard InChI is InChI=1S/C20H21NO4S/c1-11(22)15-7-13(8-16(25-2)19(15)23)18-9-14-10-21(6-5-17(14)26-18)20(24)12-3-4-12/h7-9,12,23H,3-6,10H2,1-2H3. The molecule has 1 aliphatic carbocycles. The van der Waals surface area contributed by atoms with Crippen molar-refractivity contribution in [3.8, 4) is 21.9 Å². The Labute approximate surface area is 156 Å². The van der Waals surface area contributed by atoms with Crippen molar-refractivity contribution in [2.24, 2.45) is 5.92 Å². The second kappa shape index (κ2) is 6.43. The van der Waals surface area contributed by atoms with Crippen LogP contribution in [0.2, 0.25) is 0 Å². The maximum atomic E-state index is 12.3. The fourth-order valence-corrected chi connectivity index (χ4v) is 4.58. The number of amides is 1. The zero-order valence-electron chi connectivity index (χ0n) is 14.9. The van der Waals surface area contributed by atoms with E-state index in [1.54, 1.807) is 23.5 Å². The van der Waals surface area contributed by atoms with Crippen LogP contribution in [0.15, 0.2) is 18.2 Å². The number of aromatic hydroxyl groups is 1. The Kier molecular flexibility index (Phi) is 4.23. The van der Waals surface area contributed by atoms with E-state index in [1.165, 1.54) is 24.5 Å². The highest BCUT2D eigenvalue weighted by Crippen LogP contribution is 2.41. The third kappa shape index (κ3) is 2.98. The minimum Gasteiger partial charge on any atom is -0.504 e. The van der Waals surface area contributed by atoms with Crippen LogP contribution in [0, 0.1) is 5.92 Å². The number of rotatable bonds is 4. The number of hydrogen-bond donors (Lipinski definition) is 1. The third-order valence-electron chi connectivity index (χ3n) is 5.06. The molecule has 0 radical (unpaired) electrons. The molecule has 1 aromatic carbocycles. The fourth-order valence-electron chi connectivity index (χ4n) is 3.43. The number of thiophene rings is 1. The van der Waals surface area contributed by atoms with Gasteiger partial charge in [0.25, 0.3) is 0 Å². The summed E-state index contributed by atoms with van der Waals surface area (Å²) in [4.78, 5) is 28.5. The van der Waals surface area contributed by atoms with Gasteiger partial charge in [-0.15, -0.1) is 11.3 Å². The van der Waals surface area contributed by atoms with Gasteiger partial charge in [0, 0.05) is 28.8 Å². The summed E-state index contributed by atoms with van der Waals surface area (Å²) in [6.07, 6.45) is 2.92. The number of ketones is 1. The number of hydrogen-bond acceptors (Lipinski definition) is 5. The Morgan fingerprint density at radius 3 is 2.69 bits per heavy atom. The zero-order valence-corrected chi connectivity index (χ0v) is 15.7. The van der Waals surface area contributed by atoms with Crippen LogP contribution in [-0.4, -0.2) is 35.4 Å². The van der Waals surface area contributed by atoms with E-state index in [1.807, 2.05) is 4.90 Å². The van der Waals surface area contributed by atoms with Gasteiger partial charge in [-0.2, -0.15) is 0 Å². The lowest BCUT2D eigenvalue weighted by molar-refractivity contribution is -0.133. The van der Waals surface area contributed by atoms with Crippen LogP contribution in [-0.2, 0) is 17.8 Å². The maximum Gasteiger partial charge on any atom is 0.225 e. The molecule has 0 atom stereocenters. The number of carbonyl (C=O) groups is 2. The van der Waals surface area contributed by atoms with Gasteiger partial charge in [0.2, 0.25) is 5.91 Å². The molecule has 2 aliphatic rings. The SMILES string of the molecule is COc1cc(-c2cc3c(s2)CCN(C(=O)C2CC2)C3)cc(C(C)=O)c1O. The molecule has 2 aromatic rings. The Balaban J connectivity index is 1.67. The summed E-state index contributed by atoms with van der Waals surface area (Å²) in [5.41, 5.74) is 2.29. The maximum absolute atomic E-state index is 12.3. The highest BCUT2D eigenvalue weighted by molar-refractivity contribution is 7.15. The van der Waals surface area contributed by atoms with Crippen molar-refractivity contribution < 1.29 is 19.4 Å². The molecular formula is C20H21NO4S. The first-order valence-corrected chi connectivity index (χ1v) is 9.62. The van der Waals surface area contributed by atoms with Gasteiger partial charge in [0.15, 0.2) is 17.3 Å². The van der Waals surface area contributed by atoms with Crippen molar-refractivity contribution in [1.29, 1.82) is 0 Å². The predicted molar refractivity (Wildman–Crippen MR) is 99.8 cm³/mol. The number of benzene rings is 1. The fraction of sp³-hybridized carbons (Fsp3) is 0.400. The first-order valence-electron chi connectivity index (χ1n) is 8.80. The van der Waals surface area contributed by atoms with Crippen molar-refractivity contribution in [2.45, 2.75) is 32.7 Å². The number of Topliss-reactive ketones (excluding diaryl/α,β-unsaturated/α-hetero) is 1. The molecule has 0 unspecified atom stereocenters. The molecule has 136 valence electrons. The minimum absolute atomic E-state index is 0.119. The van der Waals surface area contributed by atoms with Crippen LogP contribution in [0.3, 0.4) is 0 Å². The van der Waals surface area contributed by atoms with Crippen LogP contribution < -0.4 is 4.74 Å². The molecule has 26 heavy (non-hydrogen) atoms. The molecule has 1 aliphatic heterocycles. The van der Waals surface area contributed by atoms with Crippen LogP contribution in [0.4, 0.5) is 0 Å². The van der Waals surface area contributed by atoms with E-state index in [4.69, 9.17) is 4.74 Å². The van der Waals surface area contributed by atoms with E-state index in [0.29, 0.717) is 12.3 Å². The zero-order chi connectivity index (χ0) is 18.4. The van der Waals surface area contributed by atoms with Crippen molar-refractivity contribution in [3.63, 3.8) is 0 Å². The van der Waals surface area contributed by atoms with Crippen LogP contribution in [0.5, 0.6) is 11.5 Å².